The van der Waals surface area contributed by atoms with E-state index in [2.05, 4.69) is 0 Å². The van der Waals surface area contributed by atoms with Crippen LogP contribution in [0.15, 0.2) is 0 Å². The SMILES string of the molecule is CCC(=O)Cl.CCCC(=O)Cl. The van der Waals surface area contributed by atoms with E-state index in [1.54, 1.807) is 6.92 Å². The molecule has 0 heterocycles. The molecule has 11 heavy (non-hydrogen) atoms. The molecule has 0 aromatic carbocycles. The van der Waals surface area contributed by atoms with Gasteiger partial charge < -0.3 is 0 Å². The number of carbonyl (C=O) groups excluding carboxylic acids is 2. The van der Waals surface area contributed by atoms with E-state index >= 15 is 0 Å². The van der Waals surface area contributed by atoms with Gasteiger partial charge in [0.15, 0.2) is 0 Å². The highest BCUT2D eigenvalue weighted by Crippen LogP contribution is 1.90. The van der Waals surface area contributed by atoms with Gasteiger partial charge in [-0.3, -0.25) is 9.59 Å². The van der Waals surface area contributed by atoms with Gasteiger partial charge in [-0.15, -0.1) is 0 Å². The van der Waals surface area contributed by atoms with Crippen LogP contribution in [0.5, 0.6) is 0 Å². The van der Waals surface area contributed by atoms with Gasteiger partial charge >= 0.3 is 0 Å². The Morgan fingerprint density at radius 1 is 1.09 bits per heavy atom. The summed E-state index contributed by atoms with van der Waals surface area (Å²) in [6.07, 6.45) is 1.78. The van der Waals surface area contributed by atoms with Crippen molar-refractivity contribution in [3.05, 3.63) is 0 Å². The van der Waals surface area contributed by atoms with E-state index in [1.165, 1.54) is 0 Å². The molecule has 0 spiro atoms. The summed E-state index contributed by atoms with van der Waals surface area (Å²) < 4.78 is 0. The van der Waals surface area contributed by atoms with E-state index < -0.39 is 0 Å². The summed E-state index contributed by atoms with van der Waals surface area (Å²) in [7, 11) is 0. The molecule has 0 atom stereocenters. The first kappa shape index (κ1) is 13.5. The number of hydrogen-bond acceptors (Lipinski definition) is 2. The predicted octanol–water partition coefficient (Wildman–Crippen LogP) is 2.71. The Kier molecular flexibility index (Phi) is 12.2. The lowest BCUT2D eigenvalue weighted by Crippen LogP contribution is -1.79. The fourth-order valence-corrected chi connectivity index (χ4v) is 0.386. The van der Waals surface area contributed by atoms with E-state index in [4.69, 9.17) is 23.2 Å². The number of halogens is 2. The minimum Gasteiger partial charge on any atom is -0.281 e. The molecular formula is C7H12Cl2O2. The maximum Gasteiger partial charge on any atom is 0.221 e. The van der Waals surface area contributed by atoms with Crippen molar-refractivity contribution in [1.82, 2.24) is 0 Å². The average Bonchev–Trinajstić information content (AvgIpc) is 1.89. The predicted molar refractivity (Wildman–Crippen MR) is 46.9 cm³/mol. The van der Waals surface area contributed by atoms with E-state index in [-0.39, 0.29) is 10.5 Å². The lowest BCUT2D eigenvalue weighted by molar-refractivity contribution is -0.112. The van der Waals surface area contributed by atoms with Crippen LogP contribution in [0.1, 0.15) is 33.1 Å². The topological polar surface area (TPSA) is 34.1 Å². The molecule has 0 unspecified atom stereocenters. The summed E-state index contributed by atoms with van der Waals surface area (Å²) in [4.78, 5) is 19.4. The first-order valence-corrected chi connectivity index (χ1v) is 4.16. The van der Waals surface area contributed by atoms with Crippen LogP contribution in [0.4, 0.5) is 0 Å². The molecule has 4 heteroatoms. The number of carbonyl (C=O) groups is 2. The van der Waals surface area contributed by atoms with Gasteiger partial charge in [0.25, 0.3) is 0 Å². The third kappa shape index (κ3) is 25.7. The zero-order valence-corrected chi connectivity index (χ0v) is 8.21. The Bertz CT molecular complexity index is 124. The summed E-state index contributed by atoms with van der Waals surface area (Å²) in [5.41, 5.74) is 0. The number of hydrogen-bond donors (Lipinski definition) is 0. The maximum absolute atomic E-state index is 9.81. The normalized spacial score (nSPS) is 8.00. The molecule has 0 bridgehead atoms. The quantitative estimate of drug-likeness (QED) is 0.654. The molecule has 0 aromatic heterocycles. The molecule has 0 aliphatic heterocycles. The van der Waals surface area contributed by atoms with Gasteiger partial charge in [0, 0.05) is 12.8 Å². The smallest absolute Gasteiger partial charge is 0.221 e. The molecule has 66 valence electrons. The fraction of sp³-hybridized carbons (Fsp3) is 0.714. The Hall–Kier alpha value is -0.0800. The molecule has 0 radical (unpaired) electrons. The Morgan fingerprint density at radius 3 is 1.45 bits per heavy atom. The van der Waals surface area contributed by atoms with Gasteiger partial charge in [0.2, 0.25) is 10.5 Å². The monoisotopic (exact) mass is 198 g/mol. The summed E-state index contributed by atoms with van der Waals surface area (Å²) in [5, 5.41) is -0.512. The average molecular weight is 199 g/mol. The Balaban J connectivity index is 0. The van der Waals surface area contributed by atoms with Crippen molar-refractivity contribution in [3.63, 3.8) is 0 Å². The second kappa shape index (κ2) is 9.92. The van der Waals surface area contributed by atoms with Crippen LogP contribution in [0, 0.1) is 0 Å². The van der Waals surface area contributed by atoms with E-state index in [9.17, 15) is 9.59 Å². The summed E-state index contributed by atoms with van der Waals surface area (Å²) in [6.45, 7) is 3.63. The molecule has 0 aliphatic carbocycles. The van der Waals surface area contributed by atoms with Crippen molar-refractivity contribution < 1.29 is 9.59 Å². The van der Waals surface area contributed by atoms with E-state index in [1.807, 2.05) is 6.92 Å². The summed E-state index contributed by atoms with van der Waals surface area (Å²) in [6, 6.07) is 0. The molecule has 2 nitrogen and oxygen atoms in total. The van der Waals surface area contributed by atoms with Crippen LogP contribution in [-0.4, -0.2) is 10.5 Å². The minimum atomic E-state index is -0.273. The number of rotatable bonds is 3. The molecule has 0 fully saturated rings. The highest BCUT2D eigenvalue weighted by Gasteiger charge is 1.87. The highest BCUT2D eigenvalue weighted by atomic mass is 35.5. The third-order valence-corrected chi connectivity index (χ3v) is 1.18. The van der Waals surface area contributed by atoms with Gasteiger partial charge in [-0.05, 0) is 29.6 Å². The van der Waals surface area contributed by atoms with Crippen LogP contribution in [-0.2, 0) is 9.59 Å². The van der Waals surface area contributed by atoms with Crippen molar-refractivity contribution in [1.29, 1.82) is 0 Å². The fourth-order valence-electron chi connectivity index (χ4n) is 0.197. The third-order valence-electron chi connectivity index (χ3n) is 0.725. The molecule has 0 aliphatic rings. The van der Waals surface area contributed by atoms with Crippen molar-refractivity contribution in [2.24, 2.45) is 0 Å². The second-order valence-electron chi connectivity index (χ2n) is 1.81. The molecule has 0 rings (SSSR count). The lowest BCUT2D eigenvalue weighted by atomic mass is 10.4. The highest BCUT2D eigenvalue weighted by molar-refractivity contribution is 6.63. The van der Waals surface area contributed by atoms with Crippen molar-refractivity contribution in [2.45, 2.75) is 33.1 Å². The standard InChI is InChI=1S/C4H7ClO.C3H5ClO/c1-2-3-4(5)6;1-2-3(4)5/h2-3H2,1H3;2H2,1H3. The maximum atomic E-state index is 9.81. The second-order valence-corrected chi connectivity index (χ2v) is 2.66. The Morgan fingerprint density at radius 2 is 1.45 bits per heavy atom. The van der Waals surface area contributed by atoms with Crippen LogP contribution in [0.2, 0.25) is 0 Å². The van der Waals surface area contributed by atoms with Crippen molar-refractivity contribution in [3.8, 4) is 0 Å². The summed E-state index contributed by atoms with van der Waals surface area (Å²) >= 11 is 9.76. The molecule has 0 amide bonds. The first-order valence-electron chi connectivity index (χ1n) is 3.41. The van der Waals surface area contributed by atoms with Crippen LogP contribution in [0.25, 0.3) is 0 Å². The van der Waals surface area contributed by atoms with Crippen molar-refractivity contribution >= 4 is 33.7 Å². The molecule has 0 saturated carbocycles. The van der Waals surface area contributed by atoms with Crippen molar-refractivity contribution in [2.75, 3.05) is 0 Å². The lowest BCUT2D eigenvalue weighted by Gasteiger charge is -1.77. The Labute approximate surface area is 76.9 Å². The van der Waals surface area contributed by atoms with Gasteiger partial charge in [0.1, 0.15) is 0 Å². The van der Waals surface area contributed by atoms with E-state index in [0.717, 1.165) is 6.42 Å². The van der Waals surface area contributed by atoms with Crippen LogP contribution in [0.3, 0.4) is 0 Å². The minimum absolute atomic E-state index is 0.238. The zero-order valence-electron chi connectivity index (χ0n) is 6.69. The van der Waals surface area contributed by atoms with Gasteiger partial charge in [-0.2, -0.15) is 0 Å². The molecular weight excluding hydrogens is 187 g/mol. The van der Waals surface area contributed by atoms with E-state index in [0.29, 0.717) is 12.8 Å². The largest absolute Gasteiger partial charge is 0.281 e. The van der Waals surface area contributed by atoms with Crippen LogP contribution >= 0.6 is 23.2 Å². The van der Waals surface area contributed by atoms with Gasteiger partial charge in [-0.25, -0.2) is 0 Å². The molecule has 0 aromatic rings. The van der Waals surface area contributed by atoms with Gasteiger partial charge in [-0.1, -0.05) is 13.8 Å². The summed E-state index contributed by atoms with van der Waals surface area (Å²) in [5.74, 6) is 0. The molecule has 0 saturated heterocycles. The van der Waals surface area contributed by atoms with Gasteiger partial charge in [0.05, 0.1) is 0 Å². The molecule has 0 N–H and O–H groups in total. The first-order chi connectivity index (χ1) is 5.04. The zero-order chi connectivity index (χ0) is 9.28. The van der Waals surface area contributed by atoms with Crippen LogP contribution < -0.4 is 0 Å².